The van der Waals surface area contributed by atoms with E-state index in [1.54, 1.807) is 18.5 Å². The molecule has 2 aromatic carbocycles. The fourth-order valence-electron chi connectivity index (χ4n) is 4.22. The number of rotatable bonds is 4. The smallest absolute Gasteiger partial charge is 0.211 e. The van der Waals surface area contributed by atoms with Crippen LogP contribution < -0.4 is 16.8 Å². The van der Waals surface area contributed by atoms with Gasteiger partial charge in [-0.1, -0.05) is 61.0 Å². The third-order valence-corrected chi connectivity index (χ3v) is 5.93. The largest absolute Gasteiger partial charge is 0.448 e. The molecule has 3 aromatic rings. The lowest BCUT2D eigenvalue weighted by atomic mass is 9.64. The number of nitrogens with two attached hydrogens (primary N) is 2. The summed E-state index contributed by atoms with van der Waals surface area (Å²) >= 11 is 0. The van der Waals surface area contributed by atoms with E-state index in [0.717, 1.165) is 35.6 Å². The second-order valence-electron chi connectivity index (χ2n) is 7.70. The summed E-state index contributed by atoms with van der Waals surface area (Å²) in [5.74, 6) is 0.0499. The Morgan fingerprint density at radius 3 is 2.31 bits per heavy atom. The Labute approximate surface area is 169 Å². The van der Waals surface area contributed by atoms with Crippen molar-refractivity contribution in [2.75, 3.05) is 0 Å². The molecule has 1 fully saturated rings. The van der Waals surface area contributed by atoms with Gasteiger partial charge in [-0.2, -0.15) is 0 Å². The number of hydrogen-bond acceptors (Lipinski definition) is 6. The van der Waals surface area contributed by atoms with Crippen molar-refractivity contribution >= 4 is 11.5 Å². The molecule has 6 nitrogen and oxygen atoms in total. The van der Waals surface area contributed by atoms with Gasteiger partial charge in [-0.15, -0.1) is 0 Å². The van der Waals surface area contributed by atoms with Crippen LogP contribution in [-0.2, 0) is 11.2 Å². The lowest BCUT2D eigenvalue weighted by Crippen LogP contribution is -2.51. The van der Waals surface area contributed by atoms with Gasteiger partial charge in [0.1, 0.15) is 12.1 Å². The monoisotopic (exact) mass is 385 g/mol. The molecular weight excluding hydrogens is 362 g/mol. The van der Waals surface area contributed by atoms with Crippen molar-refractivity contribution in [3.63, 3.8) is 0 Å². The Kier molecular flexibility index (Phi) is 4.03. The zero-order chi connectivity index (χ0) is 19.9. The van der Waals surface area contributed by atoms with Crippen molar-refractivity contribution < 1.29 is 4.42 Å². The first-order valence-corrected chi connectivity index (χ1v) is 9.80. The second kappa shape index (κ2) is 6.60. The normalized spacial score (nSPS) is 22.8. The summed E-state index contributed by atoms with van der Waals surface area (Å²) in [6, 6.07) is 18.2. The van der Waals surface area contributed by atoms with Gasteiger partial charge in [0.15, 0.2) is 0 Å². The van der Waals surface area contributed by atoms with E-state index in [1.165, 1.54) is 12.0 Å². The van der Waals surface area contributed by atoms with Crippen LogP contribution in [0.3, 0.4) is 0 Å². The van der Waals surface area contributed by atoms with E-state index in [-0.39, 0.29) is 5.41 Å². The van der Waals surface area contributed by atoms with Gasteiger partial charge < -0.3 is 15.5 Å². The molecule has 0 saturated heterocycles. The number of nitrogens with zero attached hydrogens (tertiary/aromatic N) is 2. The third kappa shape index (κ3) is 2.93. The van der Waals surface area contributed by atoms with Gasteiger partial charge in [0.25, 0.3) is 0 Å². The van der Waals surface area contributed by atoms with Crippen molar-refractivity contribution in [3.8, 4) is 0 Å². The van der Waals surface area contributed by atoms with Crippen LogP contribution in [0.25, 0.3) is 5.70 Å². The predicted octanol–water partition coefficient (Wildman–Crippen LogP) is 3.22. The molecule has 146 valence electrons. The van der Waals surface area contributed by atoms with E-state index >= 15 is 0 Å². The zero-order valence-corrected chi connectivity index (χ0v) is 16.0. The van der Waals surface area contributed by atoms with Crippen molar-refractivity contribution in [2.24, 2.45) is 16.5 Å². The van der Waals surface area contributed by atoms with E-state index in [4.69, 9.17) is 15.9 Å². The fourth-order valence-corrected chi connectivity index (χ4v) is 4.22. The molecule has 1 aliphatic heterocycles. The maximum atomic E-state index is 6.65. The van der Waals surface area contributed by atoms with Crippen LogP contribution in [0.2, 0.25) is 0 Å². The third-order valence-electron chi connectivity index (χ3n) is 5.93. The maximum absolute atomic E-state index is 6.65. The lowest BCUT2D eigenvalue weighted by Gasteiger charge is -2.40. The summed E-state index contributed by atoms with van der Waals surface area (Å²) in [4.78, 5) is 8.91. The maximum Gasteiger partial charge on any atom is 0.211 e. The van der Waals surface area contributed by atoms with Crippen LogP contribution >= 0.6 is 0 Å². The summed E-state index contributed by atoms with van der Waals surface area (Å²) in [6.07, 6.45) is 8.38. The average Bonchev–Trinajstić information content (AvgIpc) is 3.23. The van der Waals surface area contributed by atoms with Crippen molar-refractivity contribution in [2.45, 2.75) is 30.5 Å². The van der Waals surface area contributed by atoms with E-state index in [1.807, 2.05) is 42.5 Å². The number of amidine groups is 1. The van der Waals surface area contributed by atoms with Crippen LogP contribution in [-0.4, -0.2) is 10.8 Å². The zero-order valence-electron chi connectivity index (χ0n) is 16.0. The molecule has 0 bridgehead atoms. The number of oxazole rings is 1. The molecule has 2 heterocycles. The van der Waals surface area contributed by atoms with Crippen molar-refractivity contribution in [1.82, 2.24) is 10.3 Å². The molecule has 1 saturated carbocycles. The molecule has 29 heavy (non-hydrogen) atoms. The molecule has 0 amide bonds. The number of nitrogens with one attached hydrogen (secondary N) is 1. The molecule has 1 atom stereocenters. The van der Waals surface area contributed by atoms with E-state index < -0.39 is 5.79 Å². The lowest BCUT2D eigenvalue weighted by molar-refractivity contribution is 0.239. The van der Waals surface area contributed by atoms with E-state index in [0.29, 0.717) is 5.84 Å². The van der Waals surface area contributed by atoms with E-state index in [9.17, 15) is 0 Å². The summed E-state index contributed by atoms with van der Waals surface area (Å²) in [7, 11) is 0. The highest BCUT2D eigenvalue weighted by Gasteiger charge is 2.44. The quantitative estimate of drug-likeness (QED) is 0.640. The molecule has 0 radical (unpaired) electrons. The molecule has 2 aliphatic rings. The van der Waals surface area contributed by atoms with Gasteiger partial charge in [0.2, 0.25) is 11.7 Å². The van der Waals surface area contributed by atoms with Gasteiger partial charge in [-0.05, 0) is 24.0 Å². The summed E-state index contributed by atoms with van der Waals surface area (Å²) in [5.41, 5.74) is 16.5. The Morgan fingerprint density at radius 2 is 1.69 bits per heavy atom. The second-order valence-corrected chi connectivity index (χ2v) is 7.70. The summed E-state index contributed by atoms with van der Waals surface area (Å²) in [5, 5.41) is 3.35. The molecule has 6 heteroatoms. The first-order chi connectivity index (χ1) is 14.1. The highest BCUT2D eigenvalue weighted by atomic mass is 16.3. The van der Waals surface area contributed by atoms with E-state index in [2.05, 4.69) is 27.4 Å². The number of benzene rings is 2. The number of aromatic nitrogens is 1. The standard InChI is InChI=1S/C23H23N5O/c24-20-15-19(16-5-2-1-3-6-16)27-23(25,28-20)18-9-7-17(8-10-18)22(11-4-12-22)21-26-13-14-29-21/h1-3,5-10,13-15,27H,4,11-12,25H2,(H2,24,28). The van der Waals surface area contributed by atoms with Gasteiger partial charge in [-0.25, -0.2) is 9.98 Å². The van der Waals surface area contributed by atoms with Crippen LogP contribution in [0.15, 0.2) is 82.5 Å². The number of hydrogen-bond donors (Lipinski definition) is 3. The van der Waals surface area contributed by atoms with Crippen LogP contribution in [0.4, 0.5) is 0 Å². The highest BCUT2D eigenvalue weighted by Crippen LogP contribution is 2.48. The Morgan fingerprint density at radius 1 is 0.966 bits per heavy atom. The first-order valence-electron chi connectivity index (χ1n) is 9.80. The topological polar surface area (TPSA) is 102 Å². The molecule has 1 unspecified atom stereocenters. The van der Waals surface area contributed by atoms with Gasteiger partial charge in [0.05, 0.1) is 11.6 Å². The van der Waals surface area contributed by atoms with Crippen LogP contribution in [0, 0.1) is 0 Å². The summed E-state index contributed by atoms with van der Waals surface area (Å²) < 4.78 is 5.64. The van der Waals surface area contributed by atoms with Crippen LogP contribution in [0.1, 0.15) is 41.8 Å². The first kappa shape index (κ1) is 17.7. The molecule has 1 aromatic heterocycles. The Bertz CT molecular complexity index is 1070. The predicted molar refractivity (Wildman–Crippen MR) is 113 cm³/mol. The van der Waals surface area contributed by atoms with Gasteiger partial charge >= 0.3 is 0 Å². The Hall–Kier alpha value is -3.38. The molecule has 5 rings (SSSR count). The van der Waals surface area contributed by atoms with Crippen molar-refractivity contribution in [3.05, 3.63) is 95.7 Å². The molecule has 5 N–H and O–H groups in total. The van der Waals surface area contributed by atoms with Crippen molar-refractivity contribution in [1.29, 1.82) is 0 Å². The minimum Gasteiger partial charge on any atom is -0.448 e. The Balaban J connectivity index is 1.46. The number of aliphatic imine (C=N–C) groups is 1. The highest BCUT2D eigenvalue weighted by molar-refractivity contribution is 5.99. The molecule has 0 spiro atoms. The molecular formula is C23H23N5O. The van der Waals surface area contributed by atoms with Gasteiger partial charge in [0, 0.05) is 17.3 Å². The summed E-state index contributed by atoms with van der Waals surface area (Å²) in [6.45, 7) is 0. The minimum atomic E-state index is -1.13. The average molecular weight is 385 g/mol. The van der Waals surface area contributed by atoms with Gasteiger partial charge in [-0.3, -0.25) is 5.73 Å². The van der Waals surface area contributed by atoms with Crippen LogP contribution in [0.5, 0.6) is 0 Å². The SMILES string of the molecule is NC1=NC(N)(c2ccc(C3(c4ncco4)CCC3)cc2)NC(c2ccccc2)=C1. The minimum absolute atomic E-state index is 0.138. The molecule has 1 aliphatic carbocycles. The fraction of sp³-hybridized carbons (Fsp3) is 0.217.